The summed E-state index contributed by atoms with van der Waals surface area (Å²) in [6.45, 7) is 10.2. The fourth-order valence-corrected chi connectivity index (χ4v) is 2.54. The quantitative estimate of drug-likeness (QED) is 0.535. The van der Waals surface area contributed by atoms with Crippen molar-refractivity contribution in [1.82, 2.24) is 0 Å². The van der Waals surface area contributed by atoms with Crippen LogP contribution < -0.4 is 10.1 Å². The maximum absolute atomic E-state index is 12.7. The number of hydrogen-bond acceptors (Lipinski definition) is 4. The van der Waals surface area contributed by atoms with Crippen molar-refractivity contribution in [3.63, 3.8) is 0 Å². The number of amides is 1. The molecule has 0 saturated heterocycles. The predicted octanol–water partition coefficient (Wildman–Crippen LogP) is 4.42. The number of benzene rings is 1. The topological polar surface area (TPSA) is 56.8 Å². The second kappa shape index (κ2) is 11.9. The summed E-state index contributed by atoms with van der Waals surface area (Å²) in [4.78, 5) is 12.7. The summed E-state index contributed by atoms with van der Waals surface area (Å²) in [5, 5.41) is 2.95. The van der Waals surface area contributed by atoms with Gasteiger partial charge in [-0.25, -0.2) is 0 Å². The summed E-state index contributed by atoms with van der Waals surface area (Å²) in [5.41, 5.74) is -0.0556. The number of rotatable bonds is 13. The van der Waals surface area contributed by atoms with Crippen molar-refractivity contribution in [2.75, 3.05) is 31.7 Å². The minimum Gasteiger partial charge on any atom is -0.491 e. The molecule has 0 aliphatic heterocycles. The van der Waals surface area contributed by atoms with E-state index in [1.165, 1.54) is 0 Å². The van der Waals surface area contributed by atoms with Crippen LogP contribution in [0, 0.1) is 0 Å². The standard InChI is InChI=1S/C20H33NO4/c1-5-8-9-14-20(4,25-7-3)19(22)21-17-10-12-18(13-11-17)24-16-15-23-6-2/h10-13H,5-9,14-16H2,1-4H3,(H,21,22)/t20-/m0/s1. The highest BCUT2D eigenvalue weighted by atomic mass is 16.5. The van der Waals surface area contributed by atoms with Crippen LogP contribution in [-0.2, 0) is 14.3 Å². The summed E-state index contributed by atoms with van der Waals surface area (Å²) < 4.78 is 16.6. The molecule has 0 aromatic heterocycles. The summed E-state index contributed by atoms with van der Waals surface area (Å²) in [6, 6.07) is 7.37. The summed E-state index contributed by atoms with van der Waals surface area (Å²) >= 11 is 0. The number of nitrogens with one attached hydrogen (secondary N) is 1. The van der Waals surface area contributed by atoms with Gasteiger partial charge in [-0.05, 0) is 51.5 Å². The molecule has 0 unspecified atom stereocenters. The third-order valence-corrected chi connectivity index (χ3v) is 4.01. The Morgan fingerprint density at radius 2 is 1.76 bits per heavy atom. The Morgan fingerprint density at radius 3 is 2.36 bits per heavy atom. The van der Waals surface area contributed by atoms with Crippen molar-refractivity contribution in [3.05, 3.63) is 24.3 Å². The summed E-state index contributed by atoms with van der Waals surface area (Å²) in [6.07, 6.45) is 3.92. The van der Waals surface area contributed by atoms with Crippen LogP contribution in [-0.4, -0.2) is 37.9 Å². The van der Waals surface area contributed by atoms with Gasteiger partial charge in [0.1, 0.15) is 18.0 Å². The third kappa shape index (κ3) is 7.88. The molecule has 0 fully saturated rings. The number of carbonyl (C=O) groups is 1. The predicted molar refractivity (Wildman–Crippen MR) is 101 cm³/mol. The van der Waals surface area contributed by atoms with Gasteiger partial charge in [-0.3, -0.25) is 4.79 Å². The Bertz CT molecular complexity index is 489. The molecule has 0 aliphatic rings. The van der Waals surface area contributed by atoms with E-state index in [1.807, 2.05) is 45.0 Å². The molecular weight excluding hydrogens is 318 g/mol. The molecular formula is C20H33NO4. The number of hydrogen-bond donors (Lipinski definition) is 1. The van der Waals surface area contributed by atoms with Crippen molar-refractivity contribution in [3.8, 4) is 5.75 Å². The van der Waals surface area contributed by atoms with E-state index in [0.717, 1.165) is 37.1 Å². The minimum atomic E-state index is -0.795. The van der Waals surface area contributed by atoms with Gasteiger partial charge in [-0.1, -0.05) is 26.2 Å². The molecule has 25 heavy (non-hydrogen) atoms. The van der Waals surface area contributed by atoms with Crippen LogP contribution in [0.2, 0.25) is 0 Å². The van der Waals surface area contributed by atoms with E-state index >= 15 is 0 Å². The lowest BCUT2D eigenvalue weighted by Gasteiger charge is -2.28. The number of carbonyl (C=O) groups excluding carboxylic acids is 1. The highest BCUT2D eigenvalue weighted by molar-refractivity contribution is 5.97. The van der Waals surface area contributed by atoms with E-state index in [-0.39, 0.29) is 5.91 Å². The molecule has 5 nitrogen and oxygen atoms in total. The highest BCUT2D eigenvalue weighted by Gasteiger charge is 2.33. The molecule has 1 amide bonds. The first-order valence-electron chi connectivity index (χ1n) is 9.31. The number of unbranched alkanes of at least 4 members (excludes halogenated alkanes) is 2. The van der Waals surface area contributed by atoms with E-state index in [1.54, 1.807) is 0 Å². The summed E-state index contributed by atoms with van der Waals surface area (Å²) in [7, 11) is 0. The minimum absolute atomic E-state index is 0.101. The molecule has 0 radical (unpaired) electrons. The van der Waals surface area contributed by atoms with Crippen LogP contribution >= 0.6 is 0 Å². The second-order valence-corrected chi connectivity index (χ2v) is 6.14. The van der Waals surface area contributed by atoms with Gasteiger partial charge in [0.2, 0.25) is 0 Å². The van der Waals surface area contributed by atoms with Crippen LogP contribution in [0.5, 0.6) is 5.75 Å². The lowest BCUT2D eigenvalue weighted by molar-refractivity contribution is -0.139. The van der Waals surface area contributed by atoms with Crippen LogP contribution in [0.3, 0.4) is 0 Å². The van der Waals surface area contributed by atoms with Gasteiger partial charge in [0, 0.05) is 18.9 Å². The first-order chi connectivity index (χ1) is 12.1. The first-order valence-corrected chi connectivity index (χ1v) is 9.31. The SMILES string of the molecule is CCCCC[C@](C)(OCC)C(=O)Nc1ccc(OCCOCC)cc1. The largest absolute Gasteiger partial charge is 0.491 e. The van der Waals surface area contributed by atoms with Gasteiger partial charge in [0.05, 0.1) is 6.61 Å². The molecule has 0 saturated carbocycles. The molecule has 142 valence electrons. The molecule has 1 rings (SSSR count). The van der Waals surface area contributed by atoms with Crippen molar-refractivity contribution in [2.24, 2.45) is 0 Å². The Morgan fingerprint density at radius 1 is 1.04 bits per heavy atom. The van der Waals surface area contributed by atoms with Crippen LogP contribution in [0.15, 0.2) is 24.3 Å². The van der Waals surface area contributed by atoms with Gasteiger partial charge in [-0.15, -0.1) is 0 Å². The van der Waals surface area contributed by atoms with E-state index < -0.39 is 5.60 Å². The Kier molecular flexibility index (Phi) is 10.2. The van der Waals surface area contributed by atoms with Gasteiger partial charge < -0.3 is 19.5 Å². The van der Waals surface area contributed by atoms with E-state index in [4.69, 9.17) is 14.2 Å². The van der Waals surface area contributed by atoms with Crippen molar-refractivity contribution in [2.45, 2.75) is 59.0 Å². The molecule has 1 aromatic carbocycles. The van der Waals surface area contributed by atoms with Crippen LogP contribution in [0.25, 0.3) is 0 Å². The van der Waals surface area contributed by atoms with Gasteiger partial charge >= 0.3 is 0 Å². The average Bonchev–Trinajstić information content (AvgIpc) is 2.60. The van der Waals surface area contributed by atoms with Gasteiger partial charge in [0.25, 0.3) is 5.91 Å². The van der Waals surface area contributed by atoms with E-state index in [2.05, 4.69) is 12.2 Å². The third-order valence-electron chi connectivity index (χ3n) is 4.01. The van der Waals surface area contributed by atoms with Crippen molar-refractivity contribution in [1.29, 1.82) is 0 Å². The molecule has 1 N–H and O–H groups in total. The lowest BCUT2D eigenvalue weighted by Crippen LogP contribution is -2.42. The Hall–Kier alpha value is -1.59. The maximum atomic E-state index is 12.7. The van der Waals surface area contributed by atoms with Crippen molar-refractivity contribution < 1.29 is 19.0 Å². The first kappa shape index (κ1) is 21.5. The highest BCUT2D eigenvalue weighted by Crippen LogP contribution is 2.23. The zero-order valence-corrected chi connectivity index (χ0v) is 16.1. The molecule has 0 spiro atoms. The molecule has 1 atom stereocenters. The molecule has 0 heterocycles. The fourth-order valence-electron chi connectivity index (χ4n) is 2.54. The van der Waals surface area contributed by atoms with E-state index in [9.17, 15) is 4.79 Å². The Labute approximate surface area is 152 Å². The number of ether oxygens (including phenoxy) is 3. The van der Waals surface area contributed by atoms with Crippen LogP contribution in [0.1, 0.15) is 53.4 Å². The monoisotopic (exact) mass is 351 g/mol. The summed E-state index contributed by atoms with van der Waals surface area (Å²) in [5.74, 6) is 0.656. The van der Waals surface area contributed by atoms with Crippen LogP contribution in [0.4, 0.5) is 5.69 Å². The second-order valence-electron chi connectivity index (χ2n) is 6.14. The Balaban J connectivity index is 2.58. The van der Waals surface area contributed by atoms with E-state index in [0.29, 0.717) is 26.4 Å². The molecule has 0 aliphatic carbocycles. The molecule has 0 bridgehead atoms. The molecule has 1 aromatic rings. The maximum Gasteiger partial charge on any atom is 0.256 e. The smallest absolute Gasteiger partial charge is 0.256 e. The van der Waals surface area contributed by atoms with Crippen molar-refractivity contribution >= 4 is 11.6 Å². The van der Waals surface area contributed by atoms with Gasteiger partial charge in [0.15, 0.2) is 0 Å². The zero-order chi connectivity index (χ0) is 18.5. The average molecular weight is 351 g/mol. The zero-order valence-electron chi connectivity index (χ0n) is 16.1. The lowest BCUT2D eigenvalue weighted by atomic mass is 9.96. The van der Waals surface area contributed by atoms with Gasteiger partial charge in [-0.2, -0.15) is 0 Å². The fraction of sp³-hybridized carbons (Fsp3) is 0.650. The number of anilines is 1. The molecule has 5 heteroatoms. The normalized spacial score (nSPS) is 13.3.